The van der Waals surface area contributed by atoms with Crippen LogP contribution in [0, 0.1) is 11.8 Å². The largest absolute Gasteiger partial charge is 0.508 e. The monoisotopic (exact) mass is 569 g/mol. The number of nitrogens with zero attached hydrogens (tertiary/aromatic N) is 1. The number of primary amides is 1. The molecule has 42 heavy (non-hydrogen) atoms. The van der Waals surface area contributed by atoms with E-state index in [0.29, 0.717) is 12.1 Å². The summed E-state index contributed by atoms with van der Waals surface area (Å²) in [4.78, 5) is 41.0. The Balaban J connectivity index is 1.58. The summed E-state index contributed by atoms with van der Waals surface area (Å²) in [7, 11) is 3.14. The van der Waals surface area contributed by atoms with Gasteiger partial charge < -0.3 is 31.9 Å². The van der Waals surface area contributed by atoms with Gasteiger partial charge in [-0.15, -0.1) is 0 Å². The molecule has 1 unspecified atom stereocenters. The van der Waals surface area contributed by atoms with E-state index < -0.39 is 58.0 Å². The molecule has 3 aromatic rings. The second-order valence-corrected chi connectivity index (χ2v) is 11.5. The van der Waals surface area contributed by atoms with Gasteiger partial charge in [-0.25, -0.2) is 0 Å². The van der Waals surface area contributed by atoms with Gasteiger partial charge in [-0.3, -0.25) is 19.3 Å². The van der Waals surface area contributed by atoms with E-state index in [4.69, 9.17) is 11.5 Å². The van der Waals surface area contributed by atoms with Crippen molar-refractivity contribution in [1.82, 2.24) is 4.90 Å². The Labute approximate surface area is 241 Å². The lowest BCUT2D eigenvalue weighted by atomic mass is 9.57. The number of Topliss-reactive ketones (excluding diaryl/α,β-unsaturated/α-hetero) is 2. The van der Waals surface area contributed by atoms with Crippen LogP contribution in [0.3, 0.4) is 0 Å². The van der Waals surface area contributed by atoms with E-state index in [1.807, 2.05) is 36.4 Å². The van der Waals surface area contributed by atoms with Crippen molar-refractivity contribution in [3.8, 4) is 16.9 Å². The fourth-order valence-corrected chi connectivity index (χ4v) is 7.27. The molecular weight excluding hydrogens is 538 g/mol. The molecule has 1 amide bonds. The molecular formula is C32H31N3O7. The van der Waals surface area contributed by atoms with Gasteiger partial charge >= 0.3 is 0 Å². The second-order valence-electron chi connectivity index (χ2n) is 11.5. The quantitative estimate of drug-likeness (QED) is 0.256. The Kier molecular flexibility index (Phi) is 6.27. The van der Waals surface area contributed by atoms with Gasteiger partial charge in [-0.1, -0.05) is 42.5 Å². The van der Waals surface area contributed by atoms with Crippen molar-refractivity contribution in [2.45, 2.75) is 31.0 Å². The van der Waals surface area contributed by atoms with Crippen molar-refractivity contribution in [3.05, 3.63) is 82.1 Å². The van der Waals surface area contributed by atoms with Gasteiger partial charge in [0.1, 0.15) is 22.8 Å². The van der Waals surface area contributed by atoms with E-state index in [2.05, 4.69) is 0 Å². The van der Waals surface area contributed by atoms with Gasteiger partial charge in [-0.05, 0) is 71.9 Å². The lowest BCUT2D eigenvalue weighted by molar-refractivity contribution is -0.153. The van der Waals surface area contributed by atoms with Crippen LogP contribution in [0.2, 0.25) is 0 Å². The summed E-state index contributed by atoms with van der Waals surface area (Å²) in [6, 6.07) is 13.7. The van der Waals surface area contributed by atoms with E-state index in [9.17, 15) is 34.8 Å². The van der Waals surface area contributed by atoms with Crippen molar-refractivity contribution >= 4 is 34.0 Å². The van der Waals surface area contributed by atoms with Crippen LogP contribution in [0.15, 0.2) is 65.4 Å². The number of hydrogen-bond donors (Lipinski definition) is 6. The number of likely N-dealkylation sites (N-methyl/N-ethyl adjacent to an activating group) is 1. The maximum absolute atomic E-state index is 14.1. The number of rotatable bonds is 4. The van der Waals surface area contributed by atoms with Crippen molar-refractivity contribution in [3.63, 3.8) is 0 Å². The molecule has 1 fully saturated rings. The summed E-state index contributed by atoms with van der Waals surface area (Å²) in [5.74, 6) is -6.78. The van der Waals surface area contributed by atoms with Crippen molar-refractivity contribution in [2.24, 2.45) is 23.3 Å². The zero-order chi connectivity index (χ0) is 30.2. The minimum Gasteiger partial charge on any atom is -0.508 e. The van der Waals surface area contributed by atoms with E-state index >= 15 is 0 Å². The Bertz CT molecular complexity index is 1790. The normalized spacial score (nSPS) is 25.5. The van der Waals surface area contributed by atoms with Gasteiger partial charge in [0.25, 0.3) is 5.91 Å². The van der Waals surface area contributed by atoms with Gasteiger partial charge in [0.2, 0.25) is 5.78 Å². The highest BCUT2D eigenvalue weighted by molar-refractivity contribution is 6.24. The molecule has 0 aliphatic heterocycles. The molecule has 3 aromatic carbocycles. The number of fused-ring (bicyclic) bond motifs is 4. The molecule has 0 bridgehead atoms. The van der Waals surface area contributed by atoms with Crippen LogP contribution in [-0.2, 0) is 27.3 Å². The van der Waals surface area contributed by atoms with Crippen LogP contribution in [-0.4, -0.2) is 68.5 Å². The number of carbonyl (C=O) groups is 3. The second kappa shape index (κ2) is 9.52. The average Bonchev–Trinajstić information content (AvgIpc) is 2.94. The maximum Gasteiger partial charge on any atom is 0.255 e. The Morgan fingerprint density at radius 2 is 1.67 bits per heavy atom. The molecule has 0 radical (unpaired) electrons. The molecule has 0 spiro atoms. The first kappa shape index (κ1) is 27.6. The Morgan fingerprint density at radius 3 is 2.31 bits per heavy atom. The highest BCUT2D eigenvalue weighted by atomic mass is 16.3. The number of hydrogen-bond acceptors (Lipinski definition) is 9. The number of aliphatic hydroxyl groups excluding tert-OH is 2. The molecule has 0 aromatic heterocycles. The van der Waals surface area contributed by atoms with Crippen LogP contribution < -0.4 is 11.5 Å². The first-order valence-electron chi connectivity index (χ1n) is 13.6. The summed E-state index contributed by atoms with van der Waals surface area (Å²) < 4.78 is 0. The average molecular weight is 570 g/mol. The fraction of sp³-hybridized carbons (Fsp3) is 0.281. The summed E-state index contributed by atoms with van der Waals surface area (Å²) in [5, 5.41) is 47.2. The fourth-order valence-electron chi connectivity index (χ4n) is 7.27. The summed E-state index contributed by atoms with van der Waals surface area (Å²) in [5.41, 5.74) is 10.9. The predicted octanol–water partition coefficient (Wildman–Crippen LogP) is 2.24. The topological polar surface area (TPSA) is 187 Å². The predicted molar refractivity (Wildman–Crippen MR) is 155 cm³/mol. The van der Waals surface area contributed by atoms with Crippen LogP contribution in [0.1, 0.15) is 23.1 Å². The molecule has 3 aliphatic carbocycles. The summed E-state index contributed by atoms with van der Waals surface area (Å²) in [6.45, 7) is 0.348. The highest BCUT2D eigenvalue weighted by Crippen LogP contribution is 2.54. The molecule has 3 aliphatic rings. The van der Waals surface area contributed by atoms with E-state index in [1.54, 1.807) is 20.2 Å². The Hall–Kier alpha value is -4.51. The van der Waals surface area contributed by atoms with Crippen molar-refractivity contribution < 1.29 is 34.8 Å². The third-order valence-corrected chi connectivity index (χ3v) is 9.13. The number of nitrogens with two attached hydrogens (primary N) is 2. The Morgan fingerprint density at radius 1 is 1.00 bits per heavy atom. The number of ketones is 2. The standard InChI is InChI=1S/C32H31N3O7/c1-35(2)26-21-12-15-11-20-19(18-8-7-14(13-33)16-5-3-4-6-17(16)18)9-10-22(36)24(20)27(37)23(15)29(39)32(21,42)30(40)25(28(26)38)31(34)41/h3-10,15,21,26,36-37,40,42H,11-13,33H2,1-2H3,(H2,34,41)/t15?,21-,26-,32-/m0/s1. The zero-order valence-electron chi connectivity index (χ0n) is 23.1. The van der Waals surface area contributed by atoms with Crippen LogP contribution >= 0.6 is 0 Å². The summed E-state index contributed by atoms with van der Waals surface area (Å²) >= 11 is 0. The number of aromatic hydroxyl groups is 1. The van der Waals surface area contributed by atoms with Crippen LogP contribution in [0.25, 0.3) is 27.7 Å². The maximum atomic E-state index is 14.1. The zero-order valence-corrected chi connectivity index (χ0v) is 23.1. The minimum absolute atomic E-state index is 0.0215. The minimum atomic E-state index is -2.67. The number of carbonyl (C=O) groups excluding carboxylic acids is 3. The third kappa shape index (κ3) is 3.59. The van der Waals surface area contributed by atoms with Crippen LogP contribution in [0.5, 0.6) is 5.75 Å². The third-order valence-electron chi connectivity index (χ3n) is 9.13. The van der Waals surface area contributed by atoms with Crippen molar-refractivity contribution in [1.29, 1.82) is 0 Å². The molecule has 10 heteroatoms. The molecule has 1 saturated carbocycles. The number of phenols is 1. The van der Waals surface area contributed by atoms with Gasteiger partial charge in [0.15, 0.2) is 11.4 Å². The van der Waals surface area contributed by atoms with Crippen molar-refractivity contribution in [2.75, 3.05) is 14.1 Å². The molecule has 10 nitrogen and oxygen atoms in total. The van der Waals surface area contributed by atoms with E-state index in [0.717, 1.165) is 27.5 Å². The number of aliphatic hydroxyl groups is 3. The first-order chi connectivity index (χ1) is 19.9. The molecule has 4 atom stereocenters. The van der Waals surface area contributed by atoms with Crippen LogP contribution in [0.4, 0.5) is 0 Å². The SMILES string of the molecule is CN(C)[C@@H]1C(=O)C(C(N)=O)=C(O)[C@@]2(O)C(=O)C3=C(O)c4c(O)ccc(-c5ccc(CN)c6ccccc56)c4CC3C[C@@H]12. The lowest BCUT2D eigenvalue weighted by Gasteiger charge is -2.50. The molecule has 0 heterocycles. The molecule has 8 N–H and O–H groups in total. The molecule has 0 saturated heterocycles. The highest BCUT2D eigenvalue weighted by Gasteiger charge is 2.64. The van der Waals surface area contributed by atoms with Gasteiger partial charge in [0.05, 0.1) is 11.6 Å². The number of phenolic OH excluding ortho intramolecular Hbond substituents is 1. The molecule has 6 rings (SSSR count). The smallest absolute Gasteiger partial charge is 0.255 e. The lowest BCUT2D eigenvalue weighted by Crippen LogP contribution is -2.65. The summed E-state index contributed by atoms with van der Waals surface area (Å²) in [6.07, 6.45) is 0.221. The van der Waals surface area contributed by atoms with Gasteiger partial charge in [0, 0.05) is 18.0 Å². The van der Waals surface area contributed by atoms with E-state index in [1.165, 1.54) is 11.0 Å². The van der Waals surface area contributed by atoms with Gasteiger partial charge in [-0.2, -0.15) is 0 Å². The number of amides is 1. The van der Waals surface area contributed by atoms with E-state index in [-0.39, 0.29) is 29.7 Å². The molecule has 216 valence electrons. The first-order valence-corrected chi connectivity index (χ1v) is 13.6. The number of benzene rings is 3.